The number of amides is 1. The first-order chi connectivity index (χ1) is 17.8. The first-order valence-electron chi connectivity index (χ1n) is 12.0. The number of carbonyl (C=O) groups is 3. The minimum atomic E-state index is -0.976. The molecule has 1 amide bonds. The molecule has 8 nitrogen and oxygen atoms in total. The normalized spacial score (nSPS) is 15.4. The molecule has 194 valence electrons. The number of hydrogen-bond acceptors (Lipinski definition) is 9. The van der Waals surface area contributed by atoms with Crippen LogP contribution in [-0.2, 0) is 4.79 Å². The van der Waals surface area contributed by atoms with Gasteiger partial charge < -0.3 is 14.6 Å². The lowest BCUT2D eigenvalue weighted by Crippen LogP contribution is -2.31. The number of aliphatic hydroxyl groups is 1. The van der Waals surface area contributed by atoms with Crippen LogP contribution in [0.4, 0.5) is 5.13 Å². The maximum absolute atomic E-state index is 13.5. The summed E-state index contributed by atoms with van der Waals surface area (Å²) in [6, 6.07) is 7.63. The lowest BCUT2D eigenvalue weighted by molar-refractivity contribution is -0.117. The smallest absolute Gasteiger partial charge is 0.296 e. The van der Waals surface area contributed by atoms with Gasteiger partial charge in [0, 0.05) is 6.92 Å². The number of ether oxygens (including phenoxy) is 2. The maximum Gasteiger partial charge on any atom is 0.296 e. The van der Waals surface area contributed by atoms with Crippen LogP contribution in [0.5, 0.6) is 11.5 Å². The summed E-state index contributed by atoms with van der Waals surface area (Å²) in [6.07, 6.45) is 1.87. The highest BCUT2D eigenvalue weighted by atomic mass is 32.1. The molecule has 3 aromatic rings. The number of rotatable bonds is 11. The maximum atomic E-state index is 13.5. The lowest BCUT2D eigenvalue weighted by Gasteiger charge is -2.25. The Bertz CT molecular complexity index is 1360. The van der Waals surface area contributed by atoms with Crippen LogP contribution < -0.4 is 14.4 Å². The highest BCUT2D eigenvalue weighted by Gasteiger charge is 2.46. The zero-order valence-corrected chi connectivity index (χ0v) is 22.7. The molecule has 1 N–H and O–H groups in total. The van der Waals surface area contributed by atoms with Gasteiger partial charge in [-0.2, -0.15) is 0 Å². The third kappa shape index (κ3) is 5.17. The number of ketones is 2. The van der Waals surface area contributed by atoms with E-state index in [2.05, 4.69) is 11.9 Å². The summed E-state index contributed by atoms with van der Waals surface area (Å²) in [5.41, 5.74) is 0.971. The summed E-state index contributed by atoms with van der Waals surface area (Å²) in [4.78, 5) is 45.6. The number of anilines is 1. The number of hydrogen-bond donors (Lipinski definition) is 1. The molecule has 10 heteroatoms. The Morgan fingerprint density at radius 1 is 1.16 bits per heavy atom. The van der Waals surface area contributed by atoms with E-state index in [0.717, 1.165) is 24.2 Å². The Labute approximate surface area is 223 Å². The predicted octanol–water partition coefficient (Wildman–Crippen LogP) is 6.08. The highest BCUT2D eigenvalue weighted by molar-refractivity contribution is 7.17. The van der Waals surface area contributed by atoms with E-state index in [4.69, 9.17) is 9.47 Å². The number of benzene rings is 1. The van der Waals surface area contributed by atoms with Crippen molar-refractivity contribution in [2.45, 2.75) is 46.6 Å². The molecule has 0 radical (unpaired) electrons. The number of thiazole rings is 1. The number of aryl methyl sites for hydroxylation is 1. The van der Waals surface area contributed by atoms with Crippen LogP contribution in [0, 0.1) is 6.92 Å². The van der Waals surface area contributed by atoms with Gasteiger partial charge in [0.05, 0.1) is 40.3 Å². The van der Waals surface area contributed by atoms with Gasteiger partial charge in [0.2, 0.25) is 5.78 Å². The van der Waals surface area contributed by atoms with Crippen LogP contribution in [-0.4, -0.2) is 40.8 Å². The molecule has 3 heterocycles. The number of unbranched alkanes of at least 4 members (excludes halogenated alkanes) is 1. The van der Waals surface area contributed by atoms with Gasteiger partial charge in [-0.25, -0.2) is 4.98 Å². The van der Waals surface area contributed by atoms with Gasteiger partial charge in [0.25, 0.3) is 5.91 Å². The second-order valence-corrected chi connectivity index (χ2v) is 10.4. The van der Waals surface area contributed by atoms with E-state index in [9.17, 15) is 19.5 Å². The molecule has 0 saturated carbocycles. The van der Waals surface area contributed by atoms with Gasteiger partial charge >= 0.3 is 0 Å². The van der Waals surface area contributed by atoms with Crippen molar-refractivity contribution < 1.29 is 29.0 Å². The fourth-order valence-corrected chi connectivity index (χ4v) is 5.78. The Hall–Kier alpha value is -3.50. The summed E-state index contributed by atoms with van der Waals surface area (Å²) in [7, 11) is 0. The van der Waals surface area contributed by atoms with Gasteiger partial charge in [-0.1, -0.05) is 36.8 Å². The summed E-state index contributed by atoms with van der Waals surface area (Å²) < 4.78 is 11.7. The number of carbonyl (C=O) groups excluding carboxylic acids is 3. The van der Waals surface area contributed by atoms with Crippen molar-refractivity contribution in [1.29, 1.82) is 0 Å². The zero-order valence-electron chi connectivity index (χ0n) is 21.1. The monoisotopic (exact) mass is 540 g/mol. The molecule has 0 spiro atoms. The molecule has 4 rings (SSSR count). The van der Waals surface area contributed by atoms with Crippen molar-refractivity contribution in [2.24, 2.45) is 0 Å². The van der Waals surface area contributed by atoms with E-state index in [-0.39, 0.29) is 16.5 Å². The van der Waals surface area contributed by atoms with Crippen LogP contribution in [0.3, 0.4) is 0 Å². The summed E-state index contributed by atoms with van der Waals surface area (Å²) in [5.74, 6) is -0.994. The third-order valence-electron chi connectivity index (χ3n) is 5.85. The van der Waals surface area contributed by atoms with Crippen molar-refractivity contribution >= 4 is 45.3 Å². The van der Waals surface area contributed by atoms with E-state index in [1.54, 1.807) is 42.6 Å². The largest absolute Gasteiger partial charge is 0.503 e. The van der Waals surface area contributed by atoms with Crippen LogP contribution >= 0.6 is 22.7 Å². The van der Waals surface area contributed by atoms with Crippen molar-refractivity contribution in [3.63, 3.8) is 0 Å². The summed E-state index contributed by atoms with van der Waals surface area (Å²) >= 11 is 2.28. The molecule has 0 aliphatic carbocycles. The van der Waals surface area contributed by atoms with E-state index < -0.39 is 23.5 Å². The Morgan fingerprint density at radius 2 is 1.95 bits per heavy atom. The van der Waals surface area contributed by atoms with Crippen LogP contribution in [0.1, 0.15) is 70.3 Å². The second kappa shape index (κ2) is 11.3. The average molecular weight is 541 g/mol. The van der Waals surface area contributed by atoms with Crippen LogP contribution in [0.25, 0.3) is 0 Å². The number of thiophene rings is 1. The first kappa shape index (κ1) is 26.6. The molecule has 1 unspecified atom stereocenters. The van der Waals surface area contributed by atoms with E-state index in [1.165, 1.54) is 23.2 Å². The molecule has 1 aliphatic rings. The number of aromatic nitrogens is 1. The predicted molar refractivity (Wildman–Crippen MR) is 143 cm³/mol. The minimum Gasteiger partial charge on any atom is -0.503 e. The standard InChI is InChI=1S/C27H28N2O6S2/c1-5-7-12-35-18-11-10-17(14-19(18)34-6-2)22-21(23(31)20-9-8-13-36-20)24(32)26(33)29(22)27-28-15(3)25(37-27)16(4)30/h8-11,13-14,22,32H,5-7,12H2,1-4H3. The van der Waals surface area contributed by atoms with Gasteiger partial charge in [-0.15, -0.1) is 11.3 Å². The molecular formula is C27H28N2O6S2. The molecule has 0 bridgehead atoms. The van der Waals surface area contributed by atoms with Crippen molar-refractivity contribution in [3.8, 4) is 11.5 Å². The van der Waals surface area contributed by atoms with E-state index in [0.29, 0.717) is 45.7 Å². The van der Waals surface area contributed by atoms with Crippen LogP contribution in [0.15, 0.2) is 47.0 Å². The van der Waals surface area contributed by atoms with Crippen molar-refractivity contribution in [1.82, 2.24) is 4.98 Å². The van der Waals surface area contributed by atoms with Gasteiger partial charge in [-0.05, 0) is 49.4 Å². The van der Waals surface area contributed by atoms with Crippen molar-refractivity contribution in [3.05, 3.63) is 68.1 Å². The number of nitrogens with zero attached hydrogens (tertiary/aromatic N) is 2. The quantitative estimate of drug-likeness (QED) is 0.232. The van der Waals surface area contributed by atoms with Gasteiger partial charge in [0.15, 0.2) is 28.2 Å². The van der Waals surface area contributed by atoms with E-state index in [1.807, 2.05) is 6.92 Å². The minimum absolute atomic E-state index is 0.0493. The average Bonchev–Trinajstić information content (AvgIpc) is 3.59. The molecule has 0 fully saturated rings. The Kier molecular flexibility index (Phi) is 8.09. The molecule has 1 aliphatic heterocycles. The second-order valence-electron chi connectivity index (χ2n) is 8.45. The molecule has 2 aromatic heterocycles. The molecule has 1 atom stereocenters. The summed E-state index contributed by atoms with van der Waals surface area (Å²) in [6.45, 7) is 7.96. The Balaban J connectivity index is 1.85. The molecule has 37 heavy (non-hydrogen) atoms. The van der Waals surface area contributed by atoms with Crippen molar-refractivity contribution in [2.75, 3.05) is 18.1 Å². The fourth-order valence-electron chi connectivity index (χ4n) is 4.11. The molecule has 0 saturated heterocycles. The SMILES string of the molecule is CCCCOc1ccc(C2C(C(=O)c3cccs3)=C(O)C(=O)N2c2nc(C)c(C(C)=O)s2)cc1OCC. The zero-order chi connectivity index (χ0) is 26.7. The lowest BCUT2D eigenvalue weighted by atomic mass is 9.95. The number of Topliss-reactive ketones (excluding diaryl/α,β-unsaturated/α-hetero) is 2. The van der Waals surface area contributed by atoms with Crippen LogP contribution in [0.2, 0.25) is 0 Å². The number of aliphatic hydroxyl groups excluding tert-OH is 1. The highest BCUT2D eigenvalue weighted by Crippen LogP contribution is 2.45. The molecular weight excluding hydrogens is 512 g/mol. The fraction of sp³-hybridized carbons (Fsp3) is 0.333. The molecule has 1 aromatic carbocycles. The van der Waals surface area contributed by atoms with Gasteiger partial charge in [-0.3, -0.25) is 19.3 Å². The first-order valence-corrected chi connectivity index (χ1v) is 13.7. The third-order valence-corrected chi connectivity index (χ3v) is 7.97. The van der Waals surface area contributed by atoms with Gasteiger partial charge in [0.1, 0.15) is 0 Å². The Morgan fingerprint density at radius 3 is 2.57 bits per heavy atom. The topological polar surface area (TPSA) is 106 Å². The van der Waals surface area contributed by atoms with E-state index >= 15 is 0 Å². The summed E-state index contributed by atoms with van der Waals surface area (Å²) in [5, 5.41) is 13.0.